The Morgan fingerprint density at radius 2 is 2.24 bits per heavy atom. The highest BCUT2D eigenvalue weighted by Gasteiger charge is 2.28. The lowest BCUT2D eigenvalue weighted by Gasteiger charge is -2.23. The molecule has 1 saturated carbocycles. The van der Waals surface area contributed by atoms with E-state index in [1.165, 1.54) is 11.9 Å². The molecule has 0 heterocycles. The fourth-order valence-electron chi connectivity index (χ4n) is 2.66. The van der Waals surface area contributed by atoms with Crippen LogP contribution in [0.3, 0.4) is 0 Å². The smallest absolute Gasteiger partial charge is 0.272 e. The fourth-order valence-corrected chi connectivity index (χ4v) is 2.66. The number of nitrogens with zero attached hydrogens (tertiary/aromatic N) is 2. The zero-order valence-electron chi connectivity index (χ0n) is 11.7. The normalized spacial score (nSPS) is 21.3. The summed E-state index contributed by atoms with van der Waals surface area (Å²) in [5, 5.41) is 20.3. The minimum Gasteiger partial charge on any atom is -0.393 e. The molecule has 1 aromatic carbocycles. The molecule has 1 aromatic rings. The second-order valence-corrected chi connectivity index (χ2v) is 5.37. The van der Waals surface area contributed by atoms with Crippen LogP contribution in [-0.4, -0.2) is 40.5 Å². The molecule has 0 aromatic heterocycles. The van der Waals surface area contributed by atoms with Crippen LogP contribution in [0.4, 0.5) is 10.1 Å². The lowest BCUT2D eigenvalue weighted by Crippen LogP contribution is -2.34. The van der Waals surface area contributed by atoms with Crippen LogP contribution in [0.15, 0.2) is 18.2 Å². The number of hydrogen-bond acceptors (Lipinski definition) is 4. The maximum atomic E-state index is 13.8. The molecular formula is C14H17FN2O4. The summed E-state index contributed by atoms with van der Waals surface area (Å²) in [5.41, 5.74) is -0.589. The summed E-state index contributed by atoms with van der Waals surface area (Å²) in [5.74, 6) is -1.45. The van der Waals surface area contributed by atoms with Crippen molar-refractivity contribution in [3.05, 3.63) is 39.7 Å². The van der Waals surface area contributed by atoms with Crippen LogP contribution in [-0.2, 0) is 0 Å². The van der Waals surface area contributed by atoms with E-state index in [2.05, 4.69) is 0 Å². The number of carbonyl (C=O) groups is 1. The third-order valence-corrected chi connectivity index (χ3v) is 3.87. The van der Waals surface area contributed by atoms with Crippen molar-refractivity contribution in [2.75, 3.05) is 13.6 Å². The van der Waals surface area contributed by atoms with E-state index in [-0.39, 0.29) is 11.5 Å². The van der Waals surface area contributed by atoms with Crippen LogP contribution >= 0.6 is 0 Å². The van der Waals surface area contributed by atoms with Crippen LogP contribution in [0.25, 0.3) is 0 Å². The molecule has 1 aliphatic rings. The highest BCUT2D eigenvalue weighted by molar-refractivity contribution is 5.94. The first-order valence-electron chi connectivity index (χ1n) is 6.77. The van der Waals surface area contributed by atoms with Crippen LogP contribution in [0.1, 0.15) is 29.6 Å². The van der Waals surface area contributed by atoms with Crippen molar-refractivity contribution >= 4 is 11.6 Å². The minimum absolute atomic E-state index is 0.0000552. The Morgan fingerprint density at radius 3 is 2.76 bits per heavy atom. The molecule has 0 saturated heterocycles. The summed E-state index contributed by atoms with van der Waals surface area (Å²) in [6.07, 6.45) is 2.04. The van der Waals surface area contributed by atoms with Gasteiger partial charge in [-0.05, 0) is 18.9 Å². The molecule has 114 valence electrons. The number of carbonyl (C=O) groups excluding carboxylic acids is 1. The van der Waals surface area contributed by atoms with Crippen molar-refractivity contribution < 1.29 is 19.2 Å². The first-order valence-corrected chi connectivity index (χ1v) is 6.77. The standard InChI is InChI=1S/C14H17FN2O4/c1-16(8-9-3-2-4-13(9)18)14(19)11-6-5-10(17(20)21)7-12(11)15/h5-7,9,13,18H,2-4,8H2,1H3. The highest BCUT2D eigenvalue weighted by Crippen LogP contribution is 2.26. The lowest BCUT2D eigenvalue weighted by molar-refractivity contribution is -0.385. The summed E-state index contributed by atoms with van der Waals surface area (Å²) in [7, 11) is 1.54. The van der Waals surface area contributed by atoms with Gasteiger partial charge in [0.25, 0.3) is 11.6 Å². The van der Waals surface area contributed by atoms with E-state index >= 15 is 0 Å². The molecule has 1 amide bonds. The van der Waals surface area contributed by atoms with Gasteiger partial charge in [0.15, 0.2) is 0 Å². The fraction of sp³-hybridized carbons (Fsp3) is 0.500. The van der Waals surface area contributed by atoms with E-state index in [0.29, 0.717) is 6.54 Å². The monoisotopic (exact) mass is 296 g/mol. The molecule has 1 N–H and O–H groups in total. The van der Waals surface area contributed by atoms with Crippen LogP contribution in [0.2, 0.25) is 0 Å². The predicted molar refractivity (Wildman–Crippen MR) is 73.4 cm³/mol. The van der Waals surface area contributed by atoms with Gasteiger partial charge in [-0.25, -0.2) is 4.39 Å². The molecule has 0 radical (unpaired) electrons. The van der Waals surface area contributed by atoms with Gasteiger partial charge in [0.1, 0.15) is 5.82 Å². The summed E-state index contributed by atoms with van der Waals surface area (Å²) >= 11 is 0. The van der Waals surface area contributed by atoms with Gasteiger partial charge in [0, 0.05) is 25.6 Å². The van der Waals surface area contributed by atoms with Gasteiger partial charge in [-0.1, -0.05) is 6.42 Å². The number of aliphatic hydroxyl groups excluding tert-OH is 1. The highest BCUT2D eigenvalue weighted by atomic mass is 19.1. The van der Waals surface area contributed by atoms with E-state index in [1.807, 2.05) is 0 Å². The van der Waals surface area contributed by atoms with E-state index in [4.69, 9.17) is 0 Å². The van der Waals surface area contributed by atoms with Gasteiger partial charge in [0.05, 0.1) is 22.7 Å². The molecule has 0 bridgehead atoms. The first-order chi connectivity index (χ1) is 9.90. The van der Waals surface area contributed by atoms with Crippen LogP contribution in [0.5, 0.6) is 0 Å². The van der Waals surface area contributed by atoms with Gasteiger partial charge >= 0.3 is 0 Å². The maximum absolute atomic E-state index is 13.8. The Kier molecular flexibility index (Phi) is 4.52. The van der Waals surface area contributed by atoms with Crippen molar-refractivity contribution in [1.82, 2.24) is 4.90 Å². The van der Waals surface area contributed by atoms with Crippen molar-refractivity contribution in [2.24, 2.45) is 5.92 Å². The summed E-state index contributed by atoms with van der Waals surface area (Å²) in [4.78, 5) is 23.4. The number of halogens is 1. The minimum atomic E-state index is -0.909. The van der Waals surface area contributed by atoms with Crippen molar-refractivity contribution in [3.63, 3.8) is 0 Å². The molecular weight excluding hydrogens is 279 g/mol. The largest absolute Gasteiger partial charge is 0.393 e. The second kappa shape index (κ2) is 6.17. The van der Waals surface area contributed by atoms with Gasteiger partial charge in [-0.2, -0.15) is 0 Å². The zero-order valence-corrected chi connectivity index (χ0v) is 11.7. The molecule has 2 atom stereocenters. The lowest BCUT2D eigenvalue weighted by atomic mass is 10.0. The molecule has 0 spiro atoms. The average Bonchev–Trinajstić information content (AvgIpc) is 2.83. The Hall–Kier alpha value is -2.02. The molecule has 2 unspecified atom stereocenters. The number of benzene rings is 1. The van der Waals surface area contributed by atoms with E-state index < -0.39 is 28.4 Å². The number of non-ortho nitro benzene ring substituents is 1. The summed E-state index contributed by atoms with van der Waals surface area (Å²) in [6, 6.07) is 2.97. The Balaban J connectivity index is 2.10. The van der Waals surface area contributed by atoms with Gasteiger partial charge in [-0.3, -0.25) is 14.9 Å². The third-order valence-electron chi connectivity index (χ3n) is 3.87. The number of rotatable bonds is 4. The van der Waals surface area contributed by atoms with Gasteiger partial charge in [0.2, 0.25) is 0 Å². The molecule has 21 heavy (non-hydrogen) atoms. The van der Waals surface area contributed by atoms with Crippen molar-refractivity contribution in [1.29, 1.82) is 0 Å². The van der Waals surface area contributed by atoms with E-state index in [9.17, 15) is 24.4 Å². The SMILES string of the molecule is CN(CC1CCCC1O)C(=O)c1ccc([N+](=O)[O-])cc1F. The summed E-state index contributed by atoms with van der Waals surface area (Å²) in [6.45, 7) is 0.344. The number of nitro benzene ring substituents is 1. The van der Waals surface area contributed by atoms with Crippen molar-refractivity contribution in [2.45, 2.75) is 25.4 Å². The molecule has 7 heteroatoms. The van der Waals surface area contributed by atoms with Gasteiger partial charge < -0.3 is 10.0 Å². The molecule has 2 rings (SSSR count). The predicted octanol–water partition coefficient (Wildman–Crippen LogP) is 1.97. The Bertz CT molecular complexity index is 564. The average molecular weight is 296 g/mol. The second-order valence-electron chi connectivity index (χ2n) is 5.37. The zero-order chi connectivity index (χ0) is 15.6. The van der Waals surface area contributed by atoms with Gasteiger partial charge in [-0.15, -0.1) is 0 Å². The number of aliphatic hydroxyl groups is 1. The van der Waals surface area contributed by atoms with E-state index in [0.717, 1.165) is 37.5 Å². The molecule has 0 aliphatic heterocycles. The molecule has 1 fully saturated rings. The number of hydrogen-bond donors (Lipinski definition) is 1. The van der Waals surface area contributed by atoms with E-state index in [1.54, 1.807) is 0 Å². The molecule has 1 aliphatic carbocycles. The Morgan fingerprint density at radius 1 is 1.52 bits per heavy atom. The molecule has 6 nitrogen and oxygen atoms in total. The summed E-state index contributed by atoms with van der Waals surface area (Å²) < 4.78 is 13.8. The van der Waals surface area contributed by atoms with Crippen LogP contribution < -0.4 is 0 Å². The van der Waals surface area contributed by atoms with Crippen LogP contribution in [0, 0.1) is 21.8 Å². The number of amides is 1. The van der Waals surface area contributed by atoms with Crippen molar-refractivity contribution in [3.8, 4) is 0 Å². The first kappa shape index (κ1) is 15.4. The number of nitro groups is 1. The third kappa shape index (κ3) is 3.36. The quantitative estimate of drug-likeness (QED) is 0.680. The topological polar surface area (TPSA) is 83.7 Å². The maximum Gasteiger partial charge on any atom is 0.272 e. The Labute approximate surface area is 121 Å².